The molecule has 0 aliphatic heterocycles. The number of nitrogens with zero attached hydrogens (tertiary/aromatic N) is 3. The van der Waals surface area contributed by atoms with Crippen LogP contribution in [0, 0.1) is 11.6 Å². The molecule has 0 aliphatic carbocycles. The quantitative estimate of drug-likeness (QED) is 0.804. The molecule has 0 bridgehead atoms. The van der Waals surface area contributed by atoms with E-state index >= 15 is 0 Å². The van der Waals surface area contributed by atoms with Crippen LogP contribution < -0.4 is 0 Å². The first-order valence-electron chi connectivity index (χ1n) is 6.54. The van der Waals surface area contributed by atoms with Gasteiger partial charge in [-0.1, -0.05) is 0 Å². The van der Waals surface area contributed by atoms with Gasteiger partial charge < -0.3 is 9.67 Å². The zero-order valence-electron chi connectivity index (χ0n) is 11.3. The van der Waals surface area contributed by atoms with E-state index in [0.29, 0.717) is 16.9 Å². The van der Waals surface area contributed by atoms with Crippen LogP contribution in [0.1, 0.15) is 6.42 Å². The van der Waals surface area contributed by atoms with Crippen LogP contribution in [0.25, 0.3) is 22.4 Å². The van der Waals surface area contributed by atoms with Crippen LogP contribution in [-0.2, 0) is 11.3 Å². The van der Waals surface area contributed by atoms with Crippen LogP contribution in [-0.4, -0.2) is 25.6 Å². The number of fused-ring (bicyclic) bond motifs is 1. The maximum absolute atomic E-state index is 13.5. The third kappa shape index (κ3) is 2.52. The molecule has 1 N–H and O–H groups in total. The van der Waals surface area contributed by atoms with Crippen molar-refractivity contribution in [3.63, 3.8) is 0 Å². The molecule has 0 radical (unpaired) electrons. The fourth-order valence-corrected chi connectivity index (χ4v) is 2.28. The Labute approximate surface area is 123 Å². The Morgan fingerprint density at radius 1 is 1.18 bits per heavy atom. The zero-order chi connectivity index (χ0) is 15.7. The minimum Gasteiger partial charge on any atom is -0.481 e. The van der Waals surface area contributed by atoms with Gasteiger partial charge in [0.15, 0.2) is 11.6 Å². The van der Waals surface area contributed by atoms with E-state index in [4.69, 9.17) is 5.11 Å². The number of carboxylic acids is 1. The minimum atomic E-state index is -0.995. The van der Waals surface area contributed by atoms with Crippen LogP contribution in [0.3, 0.4) is 0 Å². The number of carbonyl (C=O) groups is 1. The van der Waals surface area contributed by atoms with Gasteiger partial charge in [-0.2, -0.15) is 0 Å². The molecule has 3 rings (SSSR count). The summed E-state index contributed by atoms with van der Waals surface area (Å²) >= 11 is 0. The summed E-state index contributed by atoms with van der Waals surface area (Å²) in [4.78, 5) is 19.0. The molecule has 0 amide bonds. The molecule has 22 heavy (non-hydrogen) atoms. The average molecular weight is 303 g/mol. The summed E-state index contributed by atoms with van der Waals surface area (Å²) in [6.45, 7) is 0.106. The summed E-state index contributed by atoms with van der Waals surface area (Å²) in [6.07, 6.45) is 2.98. The molecule has 112 valence electrons. The van der Waals surface area contributed by atoms with Crippen molar-refractivity contribution in [2.45, 2.75) is 13.0 Å². The number of carboxylic acid groups (broad SMARTS) is 1. The lowest BCUT2D eigenvalue weighted by atomic mass is 10.2. The van der Waals surface area contributed by atoms with Gasteiger partial charge in [-0.3, -0.25) is 9.78 Å². The lowest BCUT2D eigenvalue weighted by Gasteiger charge is -2.07. The Bertz CT molecular complexity index is 847. The fourth-order valence-electron chi connectivity index (χ4n) is 2.28. The van der Waals surface area contributed by atoms with Gasteiger partial charge in [-0.05, 0) is 12.1 Å². The maximum Gasteiger partial charge on any atom is 0.305 e. The van der Waals surface area contributed by atoms with Crippen molar-refractivity contribution in [1.29, 1.82) is 0 Å². The third-order valence-corrected chi connectivity index (χ3v) is 3.28. The van der Waals surface area contributed by atoms with Crippen molar-refractivity contribution < 1.29 is 18.7 Å². The molecule has 0 aliphatic rings. The van der Waals surface area contributed by atoms with Gasteiger partial charge in [0, 0.05) is 36.6 Å². The number of hydrogen-bond donors (Lipinski definition) is 1. The Morgan fingerprint density at radius 2 is 1.86 bits per heavy atom. The number of benzene rings is 1. The van der Waals surface area contributed by atoms with Gasteiger partial charge in [-0.25, -0.2) is 13.8 Å². The molecule has 2 aromatic heterocycles. The molecular formula is C15H11F2N3O2. The van der Waals surface area contributed by atoms with E-state index in [1.165, 1.54) is 0 Å². The molecule has 0 spiro atoms. The molecule has 5 nitrogen and oxygen atoms in total. The first-order chi connectivity index (χ1) is 10.6. The van der Waals surface area contributed by atoms with Crippen molar-refractivity contribution in [1.82, 2.24) is 14.5 Å². The highest BCUT2D eigenvalue weighted by molar-refractivity contribution is 5.81. The van der Waals surface area contributed by atoms with Crippen LogP contribution in [0.4, 0.5) is 8.78 Å². The smallest absolute Gasteiger partial charge is 0.305 e. The Morgan fingerprint density at radius 3 is 2.55 bits per heavy atom. The number of aromatic nitrogens is 3. The van der Waals surface area contributed by atoms with Crippen molar-refractivity contribution >= 4 is 17.0 Å². The fraction of sp³-hybridized carbons (Fsp3) is 0.133. The minimum absolute atomic E-state index is 0.106. The van der Waals surface area contributed by atoms with Crippen LogP contribution in [0.2, 0.25) is 0 Å². The second kappa shape index (κ2) is 5.51. The number of aryl methyl sites for hydroxylation is 1. The third-order valence-electron chi connectivity index (χ3n) is 3.28. The SMILES string of the molecule is O=C(O)CCn1c(-c2ccncc2)nc2cc(F)c(F)cc21. The van der Waals surface area contributed by atoms with Gasteiger partial charge >= 0.3 is 5.97 Å². The lowest BCUT2D eigenvalue weighted by molar-refractivity contribution is -0.137. The van der Waals surface area contributed by atoms with Gasteiger partial charge in [-0.15, -0.1) is 0 Å². The molecule has 0 atom stereocenters. The molecule has 7 heteroatoms. The first kappa shape index (κ1) is 14.1. The lowest BCUT2D eigenvalue weighted by Crippen LogP contribution is -2.06. The van der Waals surface area contributed by atoms with Crippen LogP contribution >= 0.6 is 0 Å². The van der Waals surface area contributed by atoms with E-state index in [9.17, 15) is 13.6 Å². The van der Waals surface area contributed by atoms with Gasteiger partial charge in [0.1, 0.15) is 5.82 Å². The Hall–Kier alpha value is -2.83. The molecular weight excluding hydrogens is 292 g/mol. The average Bonchev–Trinajstić information content (AvgIpc) is 2.84. The number of hydrogen-bond acceptors (Lipinski definition) is 3. The summed E-state index contributed by atoms with van der Waals surface area (Å²) in [6, 6.07) is 5.44. The van der Waals surface area contributed by atoms with Crippen LogP contribution in [0.15, 0.2) is 36.7 Å². The predicted molar refractivity (Wildman–Crippen MR) is 75.1 cm³/mol. The van der Waals surface area contributed by atoms with Crippen molar-refractivity contribution in [3.05, 3.63) is 48.3 Å². The van der Waals surface area contributed by atoms with Crippen LogP contribution in [0.5, 0.6) is 0 Å². The Kier molecular flexibility index (Phi) is 3.54. The normalized spacial score (nSPS) is 11.0. The number of pyridine rings is 1. The summed E-state index contributed by atoms with van der Waals surface area (Å²) in [5.41, 5.74) is 1.32. The summed E-state index contributed by atoms with van der Waals surface area (Å²) in [7, 11) is 0. The molecule has 0 saturated carbocycles. The van der Waals surface area contributed by atoms with Crippen molar-refractivity contribution in [2.24, 2.45) is 0 Å². The van der Waals surface area contributed by atoms with E-state index in [-0.39, 0.29) is 18.5 Å². The summed E-state index contributed by atoms with van der Waals surface area (Å²) in [5, 5.41) is 8.87. The highest BCUT2D eigenvalue weighted by Crippen LogP contribution is 2.26. The molecule has 3 aromatic rings. The number of aliphatic carboxylic acids is 1. The molecule has 1 aromatic carbocycles. The second-order valence-electron chi connectivity index (χ2n) is 4.72. The number of rotatable bonds is 4. The van der Waals surface area contributed by atoms with E-state index in [1.54, 1.807) is 29.1 Å². The standard InChI is InChI=1S/C15H11F2N3O2/c16-10-7-12-13(8-11(10)17)20(6-3-14(21)22)15(19-12)9-1-4-18-5-2-9/h1-2,4-5,7-8H,3,6H2,(H,21,22). The molecule has 0 fully saturated rings. The van der Waals surface area contributed by atoms with Gasteiger partial charge in [0.05, 0.1) is 17.5 Å². The summed E-state index contributed by atoms with van der Waals surface area (Å²) in [5.74, 6) is -2.52. The molecule has 0 unspecified atom stereocenters. The predicted octanol–water partition coefficient (Wildman–Crippen LogP) is 2.85. The topological polar surface area (TPSA) is 68.0 Å². The molecule has 2 heterocycles. The summed E-state index contributed by atoms with van der Waals surface area (Å²) < 4.78 is 28.4. The molecule has 0 saturated heterocycles. The van der Waals surface area contributed by atoms with Gasteiger partial charge in [0.2, 0.25) is 0 Å². The highest BCUT2D eigenvalue weighted by Gasteiger charge is 2.16. The van der Waals surface area contributed by atoms with E-state index in [0.717, 1.165) is 12.1 Å². The monoisotopic (exact) mass is 303 g/mol. The van der Waals surface area contributed by atoms with E-state index < -0.39 is 17.6 Å². The largest absolute Gasteiger partial charge is 0.481 e. The zero-order valence-corrected chi connectivity index (χ0v) is 11.3. The number of imidazole rings is 1. The van der Waals surface area contributed by atoms with Crippen molar-refractivity contribution in [3.8, 4) is 11.4 Å². The second-order valence-corrected chi connectivity index (χ2v) is 4.72. The first-order valence-corrected chi connectivity index (χ1v) is 6.54. The highest BCUT2D eigenvalue weighted by atomic mass is 19.2. The Balaban J connectivity index is 2.21. The van der Waals surface area contributed by atoms with E-state index in [2.05, 4.69) is 9.97 Å². The number of halogens is 2. The van der Waals surface area contributed by atoms with Gasteiger partial charge in [0.25, 0.3) is 0 Å². The van der Waals surface area contributed by atoms with E-state index in [1.807, 2.05) is 0 Å². The maximum atomic E-state index is 13.5. The van der Waals surface area contributed by atoms with Crippen molar-refractivity contribution in [2.75, 3.05) is 0 Å².